The fourth-order valence-corrected chi connectivity index (χ4v) is 6.66. The molecule has 3 atom stereocenters. The van der Waals surface area contributed by atoms with Gasteiger partial charge in [0.05, 0.1) is 36.2 Å². The number of nitrogens with one attached hydrogen (secondary N) is 1. The molecule has 0 amide bonds. The highest BCUT2D eigenvalue weighted by atomic mass is 16.8. The van der Waals surface area contributed by atoms with Crippen LogP contribution in [-0.2, 0) is 21.8 Å². The molecule has 3 aromatic carbocycles. The maximum atomic E-state index is 12.8. The zero-order valence-electron chi connectivity index (χ0n) is 28.1. The number of rotatable bonds is 11. The number of H-pyrrole nitrogens is 1. The Morgan fingerprint density at radius 3 is 2.26 bits per heavy atom. The van der Waals surface area contributed by atoms with Crippen LogP contribution >= 0.6 is 0 Å². The molecular formula is C36H40N10O4. The summed E-state index contributed by atoms with van der Waals surface area (Å²) in [4.78, 5) is 19.1. The summed E-state index contributed by atoms with van der Waals surface area (Å²) in [5.41, 5.74) is 4.57. The first-order valence-corrected chi connectivity index (χ1v) is 17.1. The third kappa shape index (κ3) is 6.11. The molecule has 0 spiro atoms. The molecule has 14 heteroatoms. The predicted octanol–water partition coefficient (Wildman–Crippen LogP) is 4.15. The van der Waals surface area contributed by atoms with Gasteiger partial charge < -0.3 is 24.0 Å². The van der Waals surface area contributed by atoms with Gasteiger partial charge in [-0.15, -0.1) is 0 Å². The molecule has 2 fully saturated rings. The summed E-state index contributed by atoms with van der Waals surface area (Å²) in [5.74, 6) is -0.364. The highest BCUT2D eigenvalue weighted by Gasteiger charge is 2.47. The van der Waals surface area contributed by atoms with Gasteiger partial charge in [0.25, 0.3) is 0 Å². The van der Waals surface area contributed by atoms with Crippen molar-refractivity contribution in [3.8, 4) is 11.4 Å². The number of hydrogen-bond acceptors (Lipinski definition) is 10. The molecule has 3 aromatic heterocycles. The van der Waals surface area contributed by atoms with Gasteiger partial charge in [0.1, 0.15) is 37.0 Å². The van der Waals surface area contributed by atoms with E-state index in [4.69, 9.17) is 14.2 Å². The van der Waals surface area contributed by atoms with Crippen molar-refractivity contribution in [1.82, 2.24) is 39.5 Å². The minimum atomic E-state index is -1.13. The van der Waals surface area contributed by atoms with E-state index in [2.05, 4.69) is 66.5 Å². The molecule has 1 N–H and O–H groups in total. The first kappa shape index (κ1) is 31.8. The SMILES string of the molecule is CCC(C)n1ncn(-c2ccc(N3CCN(c4ccc(OCC5COC(Cn6nccn6)(c6[nH]nc7ccccc67)O5)cc4)CC3)cc2)c1=O. The maximum absolute atomic E-state index is 12.8. The highest BCUT2D eigenvalue weighted by Crippen LogP contribution is 2.38. The van der Waals surface area contributed by atoms with Crippen molar-refractivity contribution in [3.05, 3.63) is 108 Å². The molecule has 5 heterocycles. The van der Waals surface area contributed by atoms with E-state index < -0.39 is 5.79 Å². The molecule has 0 saturated carbocycles. The fourth-order valence-electron chi connectivity index (χ4n) is 6.66. The van der Waals surface area contributed by atoms with Crippen LogP contribution in [0.4, 0.5) is 11.4 Å². The van der Waals surface area contributed by atoms with E-state index in [0.29, 0.717) is 13.2 Å². The topological polar surface area (TPSA) is 133 Å². The zero-order chi connectivity index (χ0) is 34.1. The van der Waals surface area contributed by atoms with Crippen molar-refractivity contribution in [2.45, 2.75) is 44.7 Å². The largest absolute Gasteiger partial charge is 0.491 e. The summed E-state index contributed by atoms with van der Waals surface area (Å²) in [7, 11) is 0. The van der Waals surface area contributed by atoms with Crippen LogP contribution in [0, 0.1) is 0 Å². The van der Waals surface area contributed by atoms with Gasteiger partial charge in [-0.05, 0) is 67.9 Å². The Balaban J connectivity index is 0.859. The van der Waals surface area contributed by atoms with Crippen LogP contribution in [0.25, 0.3) is 16.6 Å². The Morgan fingerprint density at radius 2 is 1.56 bits per heavy atom. The summed E-state index contributed by atoms with van der Waals surface area (Å²) in [5, 5.41) is 21.4. The van der Waals surface area contributed by atoms with Gasteiger partial charge >= 0.3 is 5.69 Å². The predicted molar refractivity (Wildman–Crippen MR) is 188 cm³/mol. The third-order valence-corrected chi connectivity index (χ3v) is 9.63. The van der Waals surface area contributed by atoms with Gasteiger partial charge in [0.15, 0.2) is 0 Å². The van der Waals surface area contributed by atoms with Crippen LogP contribution in [-0.4, -0.2) is 85.0 Å². The molecule has 2 aliphatic heterocycles. The molecule has 2 aliphatic rings. The van der Waals surface area contributed by atoms with Gasteiger partial charge in [0.2, 0.25) is 5.79 Å². The second kappa shape index (κ2) is 13.4. The molecule has 0 bridgehead atoms. The Kier molecular flexibility index (Phi) is 8.54. The van der Waals surface area contributed by atoms with Crippen molar-refractivity contribution >= 4 is 22.3 Å². The summed E-state index contributed by atoms with van der Waals surface area (Å²) in [6.07, 6.45) is 5.41. The van der Waals surface area contributed by atoms with E-state index >= 15 is 0 Å². The lowest BCUT2D eigenvalue weighted by Gasteiger charge is -2.37. The Morgan fingerprint density at radius 1 is 0.900 bits per heavy atom. The van der Waals surface area contributed by atoms with Gasteiger partial charge in [-0.3, -0.25) is 5.10 Å². The average Bonchev–Trinajstić information content (AvgIpc) is 3.99. The van der Waals surface area contributed by atoms with Crippen molar-refractivity contribution in [1.29, 1.82) is 0 Å². The number of hydrogen-bond donors (Lipinski definition) is 1. The Labute approximate surface area is 288 Å². The van der Waals surface area contributed by atoms with Crippen molar-refractivity contribution in [2.24, 2.45) is 0 Å². The lowest BCUT2D eigenvalue weighted by atomic mass is 10.1. The van der Waals surface area contributed by atoms with E-state index in [1.807, 2.05) is 55.5 Å². The second-order valence-electron chi connectivity index (χ2n) is 12.8. The van der Waals surface area contributed by atoms with Crippen molar-refractivity contribution in [2.75, 3.05) is 49.2 Å². The quantitative estimate of drug-likeness (QED) is 0.213. The molecule has 50 heavy (non-hydrogen) atoms. The summed E-state index contributed by atoms with van der Waals surface area (Å²) >= 11 is 0. The van der Waals surface area contributed by atoms with E-state index in [0.717, 1.165) is 72.0 Å². The van der Waals surface area contributed by atoms with Gasteiger partial charge in [-0.2, -0.15) is 25.2 Å². The third-order valence-electron chi connectivity index (χ3n) is 9.63. The first-order valence-electron chi connectivity index (χ1n) is 17.1. The number of para-hydroxylation sites is 1. The number of fused-ring (bicyclic) bond motifs is 1. The molecule has 0 radical (unpaired) electrons. The van der Waals surface area contributed by atoms with E-state index in [-0.39, 0.29) is 24.4 Å². The summed E-state index contributed by atoms with van der Waals surface area (Å²) < 4.78 is 22.2. The number of aromatic amines is 1. The number of nitrogens with zero attached hydrogens (tertiary/aromatic N) is 9. The van der Waals surface area contributed by atoms with Crippen molar-refractivity contribution in [3.63, 3.8) is 0 Å². The van der Waals surface area contributed by atoms with Gasteiger partial charge in [0, 0.05) is 42.9 Å². The maximum Gasteiger partial charge on any atom is 0.350 e. The van der Waals surface area contributed by atoms with Crippen LogP contribution < -0.4 is 20.2 Å². The minimum absolute atomic E-state index is 0.0674. The molecule has 258 valence electrons. The lowest BCUT2D eigenvalue weighted by Crippen LogP contribution is -2.46. The molecular weight excluding hydrogens is 636 g/mol. The first-order chi connectivity index (χ1) is 24.5. The van der Waals surface area contributed by atoms with Gasteiger partial charge in [-0.25, -0.2) is 14.0 Å². The number of piperazine rings is 1. The number of aromatic nitrogens is 8. The van der Waals surface area contributed by atoms with Crippen LogP contribution in [0.5, 0.6) is 5.75 Å². The highest BCUT2D eigenvalue weighted by molar-refractivity contribution is 5.81. The summed E-state index contributed by atoms with van der Waals surface area (Å²) in [6, 6.07) is 24.3. The summed E-state index contributed by atoms with van der Waals surface area (Å²) in [6.45, 7) is 8.57. The second-order valence-corrected chi connectivity index (χ2v) is 12.8. The molecule has 2 saturated heterocycles. The number of ether oxygens (including phenoxy) is 3. The average molecular weight is 677 g/mol. The van der Waals surface area contributed by atoms with Crippen molar-refractivity contribution < 1.29 is 14.2 Å². The monoisotopic (exact) mass is 676 g/mol. The molecule has 8 rings (SSSR count). The number of anilines is 2. The molecule has 3 unspecified atom stereocenters. The Hall–Kier alpha value is -5.47. The Bertz CT molecular complexity index is 2080. The lowest BCUT2D eigenvalue weighted by molar-refractivity contribution is -0.194. The van der Waals surface area contributed by atoms with Gasteiger partial charge in [-0.1, -0.05) is 25.1 Å². The minimum Gasteiger partial charge on any atom is -0.491 e. The fraction of sp³-hybridized carbons (Fsp3) is 0.361. The van der Waals surface area contributed by atoms with Crippen LogP contribution in [0.2, 0.25) is 0 Å². The molecule has 6 aromatic rings. The van der Waals surface area contributed by atoms with E-state index in [9.17, 15) is 4.79 Å². The van der Waals surface area contributed by atoms with E-state index in [1.165, 1.54) is 0 Å². The number of benzene rings is 3. The van der Waals surface area contributed by atoms with Crippen LogP contribution in [0.1, 0.15) is 32.0 Å². The standard InChI is InChI=1S/C36H40N10O4/c1-3-26(2)46-35(47)44(25-39-46)29-10-8-27(9-11-29)42-18-20-43(21-19-42)28-12-14-30(15-13-28)48-22-31-23-49-36(50-31,24-45-37-16-17-38-45)34-32-6-4-5-7-33(32)40-41-34/h4-17,25-26,31H,3,18-24H2,1-2H3,(H,40,41). The van der Waals surface area contributed by atoms with E-state index in [1.54, 1.807) is 32.8 Å². The van der Waals surface area contributed by atoms with Crippen LogP contribution in [0.3, 0.4) is 0 Å². The smallest absolute Gasteiger partial charge is 0.350 e. The molecule has 0 aliphatic carbocycles. The van der Waals surface area contributed by atoms with Crippen LogP contribution in [0.15, 0.2) is 96.3 Å². The normalized spacial score (nSPS) is 20.1. The zero-order valence-corrected chi connectivity index (χ0v) is 28.1. The molecule has 14 nitrogen and oxygen atoms in total.